The van der Waals surface area contributed by atoms with Gasteiger partial charge in [0.2, 0.25) is 12.6 Å². The number of ether oxygens (including phenoxy) is 2. The molecule has 0 saturated carbocycles. The number of amides is 1. The van der Waals surface area contributed by atoms with Gasteiger partial charge in [-0.2, -0.15) is 0 Å². The SMILES string of the molecule is O=C1c2oc3ccc(F)cc3c(=O)c2C(c2ccc(Br)cc2)N1Cc1ccc2c(c1)OCO2. The van der Waals surface area contributed by atoms with E-state index in [9.17, 15) is 14.0 Å². The van der Waals surface area contributed by atoms with Crippen LogP contribution in [0.3, 0.4) is 0 Å². The van der Waals surface area contributed by atoms with Crippen molar-refractivity contribution in [2.45, 2.75) is 12.6 Å². The first-order chi connectivity index (χ1) is 16.0. The summed E-state index contributed by atoms with van der Waals surface area (Å²) in [5.41, 5.74) is 1.52. The molecule has 2 aliphatic rings. The molecule has 1 atom stereocenters. The second-order valence-corrected chi connectivity index (χ2v) is 8.80. The average molecular weight is 508 g/mol. The van der Waals surface area contributed by atoms with E-state index < -0.39 is 23.2 Å². The summed E-state index contributed by atoms with van der Waals surface area (Å²) in [6, 6.07) is 15.9. The van der Waals surface area contributed by atoms with E-state index in [0.29, 0.717) is 11.5 Å². The molecule has 0 saturated heterocycles. The van der Waals surface area contributed by atoms with Gasteiger partial charge < -0.3 is 18.8 Å². The lowest BCUT2D eigenvalue weighted by Crippen LogP contribution is -2.29. The number of fused-ring (bicyclic) bond motifs is 3. The van der Waals surface area contributed by atoms with Crippen LogP contribution in [0, 0.1) is 5.82 Å². The first kappa shape index (κ1) is 20.0. The molecule has 0 fully saturated rings. The highest BCUT2D eigenvalue weighted by molar-refractivity contribution is 9.10. The van der Waals surface area contributed by atoms with Crippen LogP contribution in [0.15, 0.2) is 74.3 Å². The van der Waals surface area contributed by atoms with Gasteiger partial charge in [0.15, 0.2) is 16.9 Å². The molecule has 3 heterocycles. The maximum Gasteiger partial charge on any atom is 0.291 e. The summed E-state index contributed by atoms with van der Waals surface area (Å²) in [5, 5.41) is 0.105. The molecule has 0 bridgehead atoms. The van der Waals surface area contributed by atoms with Crippen molar-refractivity contribution in [3.05, 3.63) is 104 Å². The molecule has 8 heteroatoms. The van der Waals surface area contributed by atoms with Crippen LogP contribution in [0.2, 0.25) is 0 Å². The standard InChI is InChI=1S/C25H15BrFNO5/c26-15-4-2-14(3-5-15)22-21-23(29)17-10-16(27)6-8-18(17)33-24(21)25(30)28(22)11-13-1-7-19-20(9-13)32-12-31-19/h1-10,22H,11-12H2. The monoisotopic (exact) mass is 507 g/mol. The Morgan fingerprint density at radius 2 is 1.76 bits per heavy atom. The average Bonchev–Trinajstić information content (AvgIpc) is 3.38. The third kappa shape index (κ3) is 3.21. The molecule has 6 nitrogen and oxygen atoms in total. The zero-order chi connectivity index (χ0) is 22.7. The van der Waals surface area contributed by atoms with Crippen molar-refractivity contribution < 1.29 is 23.1 Å². The van der Waals surface area contributed by atoms with Crippen molar-refractivity contribution in [2.24, 2.45) is 0 Å². The molecular formula is C25H15BrFNO5. The van der Waals surface area contributed by atoms with E-state index in [1.807, 2.05) is 36.4 Å². The van der Waals surface area contributed by atoms with Gasteiger partial charge in [-0.05, 0) is 53.6 Å². The summed E-state index contributed by atoms with van der Waals surface area (Å²) in [6.07, 6.45) is 0. The second kappa shape index (κ2) is 7.45. The Morgan fingerprint density at radius 3 is 2.58 bits per heavy atom. The Bertz CT molecular complexity index is 1500. The van der Waals surface area contributed by atoms with Crippen molar-refractivity contribution in [2.75, 3.05) is 6.79 Å². The Kier molecular flexibility index (Phi) is 4.51. The number of hydrogen-bond donors (Lipinski definition) is 0. The molecule has 4 aromatic rings. The molecule has 0 N–H and O–H groups in total. The third-order valence-electron chi connectivity index (χ3n) is 5.90. The van der Waals surface area contributed by atoms with Gasteiger partial charge >= 0.3 is 0 Å². The van der Waals surface area contributed by atoms with E-state index in [0.717, 1.165) is 21.7 Å². The van der Waals surface area contributed by atoms with E-state index in [1.165, 1.54) is 12.1 Å². The minimum Gasteiger partial charge on any atom is -0.454 e. The summed E-state index contributed by atoms with van der Waals surface area (Å²) in [5.74, 6) is 0.278. The van der Waals surface area contributed by atoms with E-state index in [4.69, 9.17) is 13.9 Å². The van der Waals surface area contributed by atoms with Crippen LogP contribution in [0.5, 0.6) is 11.5 Å². The normalized spacial score (nSPS) is 16.5. The highest BCUT2D eigenvalue weighted by Crippen LogP contribution is 2.40. The lowest BCUT2D eigenvalue weighted by atomic mass is 9.98. The lowest BCUT2D eigenvalue weighted by molar-refractivity contribution is 0.0714. The van der Waals surface area contributed by atoms with Crippen molar-refractivity contribution in [1.29, 1.82) is 0 Å². The van der Waals surface area contributed by atoms with Gasteiger partial charge in [0.1, 0.15) is 11.4 Å². The smallest absolute Gasteiger partial charge is 0.291 e. The molecule has 6 rings (SSSR count). The van der Waals surface area contributed by atoms with Crippen LogP contribution in [-0.4, -0.2) is 17.6 Å². The topological polar surface area (TPSA) is 69.0 Å². The molecule has 33 heavy (non-hydrogen) atoms. The van der Waals surface area contributed by atoms with Crippen LogP contribution in [0.25, 0.3) is 11.0 Å². The zero-order valence-electron chi connectivity index (χ0n) is 17.0. The zero-order valence-corrected chi connectivity index (χ0v) is 18.6. The van der Waals surface area contributed by atoms with Gasteiger partial charge in [-0.25, -0.2) is 4.39 Å². The fourth-order valence-corrected chi connectivity index (χ4v) is 4.65. The maximum atomic E-state index is 13.9. The van der Waals surface area contributed by atoms with Crippen LogP contribution < -0.4 is 14.9 Å². The summed E-state index contributed by atoms with van der Waals surface area (Å²) >= 11 is 3.42. The summed E-state index contributed by atoms with van der Waals surface area (Å²) < 4.78 is 31.5. The molecule has 164 valence electrons. The van der Waals surface area contributed by atoms with Crippen LogP contribution in [0.1, 0.15) is 33.3 Å². The quantitative estimate of drug-likeness (QED) is 0.382. The fraction of sp³-hybridized carbons (Fsp3) is 0.120. The van der Waals surface area contributed by atoms with Gasteiger partial charge in [-0.3, -0.25) is 9.59 Å². The van der Waals surface area contributed by atoms with Crippen molar-refractivity contribution >= 4 is 32.8 Å². The van der Waals surface area contributed by atoms with Crippen molar-refractivity contribution in [3.8, 4) is 11.5 Å². The van der Waals surface area contributed by atoms with Crippen molar-refractivity contribution in [3.63, 3.8) is 0 Å². The van der Waals surface area contributed by atoms with Gasteiger partial charge in [-0.1, -0.05) is 34.1 Å². The second-order valence-electron chi connectivity index (χ2n) is 7.89. The maximum absolute atomic E-state index is 13.9. The molecule has 0 radical (unpaired) electrons. The Labute approximate surface area is 195 Å². The molecular weight excluding hydrogens is 493 g/mol. The number of benzene rings is 3. The summed E-state index contributed by atoms with van der Waals surface area (Å²) in [4.78, 5) is 28.6. The Balaban J connectivity index is 1.52. The van der Waals surface area contributed by atoms with E-state index >= 15 is 0 Å². The number of nitrogens with zero attached hydrogens (tertiary/aromatic N) is 1. The number of carbonyl (C=O) groups excluding carboxylic acids is 1. The molecule has 1 aromatic heterocycles. The van der Waals surface area contributed by atoms with Crippen LogP contribution in [-0.2, 0) is 6.54 Å². The molecule has 0 spiro atoms. The first-order valence-electron chi connectivity index (χ1n) is 10.2. The number of carbonyl (C=O) groups is 1. The summed E-state index contributed by atoms with van der Waals surface area (Å²) in [7, 11) is 0. The molecule has 1 amide bonds. The Hall–Kier alpha value is -3.65. The Morgan fingerprint density at radius 1 is 0.970 bits per heavy atom. The van der Waals surface area contributed by atoms with E-state index in [2.05, 4.69) is 15.9 Å². The van der Waals surface area contributed by atoms with Gasteiger partial charge in [0.25, 0.3) is 5.91 Å². The number of rotatable bonds is 3. The van der Waals surface area contributed by atoms with Gasteiger partial charge in [-0.15, -0.1) is 0 Å². The molecule has 0 aliphatic carbocycles. The summed E-state index contributed by atoms with van der Waals surface area (Å²) in [6.45, 7) is 0.362. The molecule has 1 unspecified atom stereocenters. The van der Waals surface area contributed by atoms with Gasteiger partial charge in [0.05, 0.1) is 17.0 Å². The fourth-order valence-electron chi connectivity index (χ4n) is 4.38. The van der Waals surface area contributed by atoms with Crippen LogP contribution >= 0.6 is 15.9 Å². The van der Waals surface area contributed by atoms with Crippen molar-refractivity contribution in [1.82, 2.24) is 4.90 Å². The van der Waals surface area contributed by atoms with Gasteiger partial charge in [0, 0.05) is 11.0 Å². The van der Waals surface area contributed by atoms with Crippen LogP contribution in [0.4, 0.5) is 4.39 Å². The first-order valence-corrected chi connectivity index (χ1v) is 11.0. The minimum absolute atomic E-state index is 0.0206. The highest BCUT2D eigenvalue weighted by atomic mass is 79.9. The predicted molar refractivity (Wildman–Crippen MR) is 121 cm³/mol. The van der Waals surface area contributed by atoms with E-state index in [1.54, 1.807) is 11.0 Å². The minimum atomic E-state index is -0.685. The third-order valence-corrected chi connectivity index (χ3v) is 6.43. The largest absolute Gasteiger partial charge is 0.454 e. The van der Waals surface area contributed by atoms with E-state index in [-0.39, 0.29) is 35.6 Å². The number of hydrogen-bond acceptors (Lipinski definition) is 5. The lowest BCUT2D eigenvalue weighted by Gasteiger charge is -2.25. The highest BCUT2D eigenvalue weighted by Gasteiger charge is 2.42. The molecule has 2 aliphatic heterocycles. The molecule has 3 aromatic carbocycles. The number of halogens is 2. The predicted octanol–water partition coefficient (Wildman–Crippen LogP) is 5.17.